The lowest BCUT2D eigenvalue weighted by Crippen LogP contribution is -2.40. The Labute approximate surface area is 186 Å². The topological polar surface area (TPSA) is 71.2 Å². The summed E-state index contributed by atoms with van der Waals surface area (Å²) in [5, 5.41) is 14.3. The number of nitrogens with zero attached hydrogens (tertiary/aromatic N) is 4. The van der Waals surface area contributed by atoms with Crippen LogP contribution >= 0.6 is 11.6 Å². The lowest BCUT2D eigenvalue weighted by molar-refractivity contribution is 0.0303. The van der Waals surface area contributed by atoms with Crippen LogP contribution in [0.15, 0.2) is 42.5 Å². The van der Waals surface area contributed by atoms with E-state index in [1.165, 1.54) is 0 Å². The number of ether oxygens (including phenoxy) is 1. The fraction of sp³-hybridized carbons (Fsp3) is 0.292. The van der Waals surface area contributed by atoms with Crippen LogP contribution in [0.1, 0.15) is 32.9 Å². The zero-order chi connectivity index (χ0) is 22.0. The third-order valence-electron chi connectivity index (χ3n) is 5.56. The van der Waals surface area contributed by atoms with Crippen LogP contribution in [0.25, 0.3) is 11.1 Å². The van der Waals surface area contributed by atoms with Gasteiger partial charge in [-0.3, -0.25) is 9.48 Å². The molecule has 0 atom stereocenters. The molecule has 1 fully saturated rings. The average molecular weight is 435 g/mol. The molecule has 2 heterocycles. The number of aromatic nitrogens is 2. The molecule has 0 aliphatic carbocycles. The summed E-state index contributed by atoms with van der Waals surface area (Å²) in [6, 6.07) is 15.2. The van der Waals surface area contributed by atoms with Gasteiger partial charge in [-0.05, 0) is 49.2 Å². The number of amides is 1. The zero-order valence-corrected chi connectivity index (χ0v) is 18.3. The molecule has 2 aromatic carbocycles. The molecule has 1 aromatic heterocycles. The minimum absolute atomic E-state index is 0.0337. The highest BCUT2D eigenvalue weighted by Crippen LogP contribution is 2.30. The highest BCUT2D eigenvalue weighted by atomic mass is 35.5. The number of aryl methyl sites for hydroxylation is 1. The van der Waals surface area contributed by atoms with Crippen molar-refractivity contribution in [2.45, 2.75) is 20.4 Å². The first kappa shape index (κ1) is 21.1. The number of rotatable bonds is 4. The van der Waals surface area contributed by atoms with Gasteiger partial charge in [0.15, 0.2) is 0 Å². The molecule has 4 rings (SSSR count). The third-order valence-corrected chi connectivity index (χ3v) is 5.88. The molecular formula is C24H23ClN4O2. The molecule has 1 saturated heterocycles. The Kier molecular flexibility index (Phi) is 6.08. The van der Waals surface area contributed by atoms with Crippen LogP contribution in [0.2, 0.25) is 5.02 Å². The summed E-state index contributed by atoms with van der Waals surface area (Å²) in [5.74, 6) is 0.0337. The number of carbonyl (C=O) groups is 1. The second kappa shape index (κ2) is 8.93. The maximum absolute atomic E-state index is 12.8. The minimum atomic E-state index is 0.0337. The first-order valence-corrected chi connectivity index (χ1v) is 10.6. The Morgan fingerprint density at radius 2 is 1.97 bits per heavy atom. The van der Waals surface area contributed by atoms with E-state index in [9.17, 15) is 4.79 Å². The van der Waals surface area contributed by atoms with Gasteiger partial charge < -0.3 is 9.64 Å². The van der Waals surface area contributed by atoms with E-state index in [4.69, 9.17) is 26.7 Å². The van der Waals surface area contributed by atoms with E-state index in [-0.39, 0.29) is 5.91 Å². The molecule has 7 heteroatoms. The van der Waals surface area contributed by atoms with Crippen LogP contribution in [0.4, 0.5) is 0 Å². The maximum Gasteiger partial charge on any atom is 0.254 e. The third kappa shape index (κ3) is 4.34. The Bertz CT molecular complexity index is 1170. The molecular weight excluding hydrogens is 412 g/mol. The van der Waals surface area contributed by atoms with Gasteiger partial charge >= 0.3 is 0 Å². The molecule has 3 aromatic rings. The number of halogens is 1. The van der Waals surface area contributed by atoms with Gasteiger partial charge in [0.05, 0.1) is 36.0 Å². The van der Waals surface area contributed by atoms with Gasteiger partial charge in [-0.2, -0.15) is 10.4 Å². The van der Waals surface area contributed by atoms with E-state index in [0.717, 1.165) is 28.1 Å². The van der Waals surface area contributed by atoms with Crippen molar-refractivity contribution in [3.05, 3.63) is 75.6 Å². The van der Waals surface area contributed by atoms with Crippen molar-refractivity contribution in [2.75, 3.05) is 26.3 Å². The predicted octanol–water partition coefficient (Wildman–Crippen LogP) is 4.21. The fourth-order valence-electron chi connectivity index (χ4n) is 3.95. The SMILES string of the molecule is Cc1nn(Cc2cccc(C(=O)N3CCOCC3)c2)c(C)c1-c1ccc(C#N)c(Cl)c1. The Hall–Kier alpha value is -3.14. The molecule has 1 aliphatic rings. The number of carbonyl (C=O) groups excluding carboxylic acids is 1. The van der Waals surface area contributed by atoms with E-state index in [0.29, 0.717) is 49.0 Å². The summed E-state index contributed by atoms with van der Waals surface area (Å²) < 4.78 is 7.28. The molecule has 0 bridgehead atoms. The van der Waals surface area contributed by atoms with E-state index in [2.05, 4.69) is 6.07 Å². The first-order valence-electron chi connectivity index (χ1n) is 10.2. The van der Waals surface area contributed by atoms with E-state index in [1.54, 1.807) is 6.07 Å². The summed E-state index contributed by atoms with van der Waals surface area (Å²) in [6.45, 7) is 6.95. The summed E-state index contributed by atoms with van der Waals surface area (Å²) in [5.41, 5.74) is 5.97. The quantitative estimate of drug-likeness (QED) is 0.616. The Morgan fingerprint density at radius 1 is 1.19 bits per heavy atom. The largest absolute Gasteiger partial charge is 0.378 e. The highest BCUT2D eigenvalue weighted by molar-refractivity contribution is 6.32. The van der Waals surface area contributed by atoms with Crippen molar-refractivity contribution < 1.29 is 9.53 Å². The minimum Gasteiger partial charge on any atom is -0.378 e. The second-order valence-corrected chi connectivity index (χ2v) is 8.02. The van der Waals surface area contributed by atoms with Gasteiger partial charge in [-0.1, -0.05) is 29.8 Å². The van der Waals surface area contributed by atoms with E-state index >= 15 is 0 Å². The number of nitriles is 1. The van der Waals surface area contributed by atoms with Gasteiger partial charge in [-0.25, -0.2) is 0 Å². The van der Waals surface area contributed by atoms with Gasteiger partial charge in [0.1, 0.15) is 6.07 Å². The van der Waals surface area contributed by atoms with Crippen LogP contribution in [0.5, 0.6) is 0 Å². The standard InChI is InChI=1S/C24H23ClN4O2/c1-16-23(19-6-7-21(14-26)22(25)13-19)17(2)29(27-16)15-18-4-3-5-20(12-18)24(30)28-8-10-31-11-9-28/h3-7,12-13H,8-11,15H2,1-2H3. The summed E-state index contributed by atoms with van der Waals surface area (Å²) >= 11 is 6.24. The molecule has 1 amide bonds. The van der Waals surface area contributed by atoms with Crippen LogP contribution in [0, 0.1) is 25.2 Å². The van der Waals surface area contributed by atoms with Crippen molar-refractivity contribution >= 4 is 17.5 Å². The van der Waals surface area contributed by atoms with Gasteiger partial charge in [0, 0.05) is 29.9 Å². The van der Waals surface area contributed by atoms with Crippen molar-refractivity contribution in [1.29, 1.82) is 5.26 Å². The Morgan fingerprint density at radius 3 is 2.68 bits per heavy atom. The van der Waals surface area contributed by atoms with Crippen molar-refractivity contribution in [2.24, 2.45) is 0 Å². The van der Waals surface area contributed by atoms with Gasteiger partial charge in [0.2, 0.25) is 0 Å². The maximum atomic E-state index is 12.8. The molecule has 1 aliphatic heterocycles. The predicted molar refractivity (Wildman–Crippen MR) is 119 cm³/mol. The molecule has 0 spiro atoms. The van der Waals surface area contributed by atoms with Crippen LogP contribution < -0.4 is 0 Å². The molecule has 0 radical (unpaired) electrons. The fourth-order valence-corrected chi connectivity index (χ4v) is 4.18. The van der Waals surface area contributed by atoms with Crippen LogP contribution in [0.3, 0.4) is 0 Å². The molecule has 158 valence electrons. The van der Waals surface area contributed by atoms with E-state index < -0.39 is 0 Å². The monoisotopic (exact) mass is 434 g/mol. The number of morpholine rings is 1. The van der Waals surface area contributed by atoms with E-state index in [1.807, 2.05) is 59.8 Å². The summed E-state index contributed by atoms with van der Waals surface area (Å²) in [7, 11) is 0. The molecule has 31 heavy (non-hydrogen) atoms. The summed E-state index contributed by atoms with van der Waals surface area (Å²) in [4.78, 5) is 14.6. The summed E-state index contributed by atoms with van der Waals surface area (Å²) in [6.07, 6.45) is 0. The van der Waals surface area contributed by atoms with Crippen molar-refractivity contribution in [1.82, 2.24) is 14.7 Å². The van der Waals surface area contributed by atoms with Gasteiger partial charge in [-0.15, -0.1) is 0 Å². The van der Waals surface area contributed by atoms with Crippen molar-refractivity contribution in [3.8, 4) is 17.2 Å². The first-order chi connectivity index (χ1) is 15.0. The van der Waals surface area contributed by atoms with Gasteiger partial charge in [0.25, 0.3) is 5.91 Å². The van der Waals surface area contributed by atoms with Crippen LogP contribution in [-0.4, -0.2) is 46.9 Å². The number of benzene rings is 2. The average Bonchev–Trinajstić information content (AvgIpc) is 3.06. The Balaban J connectivity index is 1.59. The lowest BCUT2D eigenvalue weighted by atomic mass is 10.0. The van der Waals surface area contributed by atoms with Crippen molar-refractivity contribution in [3.63, 3.8) is 0 Å². The highest BCUT2D eigenvalue weighted by Gasteiger charge is 2.19. The molecule has 0 N–H and O–H groups in total. The lowest BCUT2D eigenvalue weighted by Gasteiger charge is -2.27. The number of hydrogen-bond acceptors (Lipinski definition) is 4. The smallest absolute Gasteiger partial charge is 0.254 e. The second-order valence-electron chi connectivity index (χ2n) is 7.61. The molecule has 6 nitrogen and oxygen atoms in total. The van der Waals surface area contributed by atoms with Crippen LogP contribution in [-0.2, 0) is 11.3 Å². The normalized spacial score (nSPS) is 13.8. The number of hydrogen-bond donors (Lipinski definition) is 0. The zero-order valence-electron chi connectivity index (χ0n) is 17.6. The molecule has 0 saturated carbocycles. The molecule has 0 unspecified atom stereocenters.